The van der Waals surface area contributed by atoms with E-state index in [2.05, 4.69) is 74.6 Å². The van der Waals surface area contributed by atoms with Gasteiger partial charge in [-0.1, -0.05) is 18.2 Å². The van der Waals surface area contributed by atoms with Crippen molar-refractivity contribution in [1.82, 2.24) is 4.57 Å². The van der Waals surface area contributed by atoms with Crippen molar-refractivity contribution in [2.45, 2.75) is 6.54 Å². The molecule has 0 saturated heterocycles. The van der Waals surface area contributed by atoms with Crippen LogP contribution in [-0.2, 0) is 6.54 Å². The van der Waals surface area contributed by atoms with E-state index < -0.39 is 0 Å². The zero-order chi connectivity index (χ0) is 11.8. The van der Waals surface area contributed by atoms with Gasteiger partial charge in [-0.2, -0.15) is 0 Å². The first-order valence-corrected chi connectivity index (χ1v) is 6.55. The SMILES string of the molecule is C[N+]1=C(c2ccccc2)c2ccc(Br)n2CC1.[I-]. The van der Waals surface area contributed by atoms with Crippen LogP contribution in [0.5, 0.6) is 0 Å². The fourth-order valence-corrected chi connectivity index (χ4v) is 2.90. The van der Waals surface area contributed by atoms with Crippen molar-refractivity contribution in [2.75, 3.05) is 13.6 Å². The predicted octanol–water partition coefficient (Wildman–Crippen LogP) is -0.252. The number of likely N-dealkylation sites (N-methyl/N-ethyl adjacent to an activating group) is 1. The second-order valence-electron chi connectivity index (χ2n) is 4.33. The number of halogens is 2. The van der Waals surface area contributed by atoms with Gasteiger partial charge in [0.2, 0.25) is 5.71 Å². The maximum atomic E-state index is 3.60. The molecule has 2 heterocycles. The lowest BCUT2D eigenvalue weighted by Crippen LogP contribution is -3.00. The van der Waals surface area contributed by atoms with Gasteiger partial charge in [0, 0.05) is 5.56 Å². The van der Waals surface area contributed by atoms with Gasteiger partial charge in [0.25, 0.3) is 0 Å². The Bertz CT molecular complexity index is 587. The molecule has 0 aliphatic carbocycles. The average molecular weight is 417 g/mol. The van der Waals surface area contributed by atoms with Gasteiger partial charge in [0.1, 0.15) is 12.7 Å². The molecule has 1 aliphatic heterocycles. The van der Waals surface area contributed by atoms with Crippen molar-refractivity contribution in [1.29, 1.82) is 0 Å². The lowest BCUT2D eigenvalue weighted by atomic mass is 10.1. The highest BCUT2D eigenvalue weighted by Gasteiger charge is 2.25. The van der Waals surface area contributed by atoms with Gasteiger partial charge in [0.15, 0.2) is 6.54 Å². The maximum absolute atomic E-state index is 3.60. The normalized spacial score (nSPS) is 14.1. The number of nitrogens with zero attached hydrogens (tertiary/aromatic N) is 2. The summed E-state index contributed by atoms with van der Waals surface area (Å²) < 4.78 is 5.81. The molecule has 0 atom stereocenters. The fraction of sp³-hybridized carbons (Fsp3) is 0.214. The summed E-state index contributed by atoms with van der Waals surface area (Å²) in [6, 6.07) is 14.9. The molecule has 0 radical (unpaired) electrons. The molecule has 0 fully saturated rings. The van der Waals surface area contributed by atoms with Crippen molar-refractivity contribution < 1.29 is 28.6 Å². The van der Waals surface area contributed by atoms with Gasteiger partial charge in [0.05, 0.1) is 11.1 Å². The molecule has 3 rings (SSSR count). The molecule has 1 aliphatic rings. The Morgan fingerprint density at radius 1 is 1.11 bits per heavy atom. The van der Waals surface area contributed by atoms with Gasteiger partial charge >= 0.3 is 0 Å². The number of hydrogen-bond acceptors (Lipinski definition) is 0. The quantitative estimate of drug-likeness (QED) is 0.447. The molecule has 1 aromatic carbocycles. The Morgan fingerprint density at radius 2 is 1.83 bits per heavy atom. The topological polar surface area (TPSA) is 7.94 Å². The Balaban J connectivity index is 0.00000120. The molecule has 0 spiro atoms. The minimum atomic E-state index is 0. The summed E-state index contributed by atoms with van der Waals surface area (Å²) in [4.78, 5) is 0. The summed E-state index contributed by atoms with van der Waals surface area (Å²) in [7, 11) is 2.16. The Morgan fingerprint density at radius 3 is 2.56 bits per heavy atom. The first kappa shape index (κ1) is 13.8. The smallest absolute Gasteiger partial charge is 0.231 e. The van der Waals surface area contributed by atoms with E-state index >= 15 is 0 Å². The molecule has 2 aromatic rings. The second kappa shape index (κ2) is 5.57. The first-order valence-electron chi connectivity index (χ1n) is 5.76. The Kier molecular flexibility index (Phi) is 4.27. The number of benzene rings is 1. The van der Waals surface area contributed by atoms with Crippen LogP contribution in [0.3, 0.4) is 0 Å². The van der Waals surface area contributed by atoms with Gasteiger partial charge in [-0.3, -0.25) is 0 Å². The van der Waals surface area contributed by atoms with Crippen molar-refractivity contribution in [2.24, 2.45) is 0 Å². The van der Waals surface area contributed by atoms with Crippen molar-refractivity contribution in [3.05, 3.63) is 58.3 Å². The maximum Gasteiger partial charge on any atom is 0.231 e. The zero-order valence-corrected chi connectivity index (χ0v) is 13.8. The number of aromatic nitrogens is 1. The van der Waals surface area contributed by atoms with Crippen molar-refractivity contribution in [3.63, 3.8) is 0 Å². The van der Waals surface area contributed by atoms with Crippen LogP contribution in [0.4, 0.5) is 0 Å². The van der Waals surface area contributed by atoms with Crippen LogP contribution in [0.25, 0.3) is 0 Å². The van der Waals surface area contributed by atoms with Crippen LogP contribution in [0, 0.1) is 0 Å². The van der Waals surface area contributed by atoms with Crippen LogP contribution < -0.4 is 24.0 Å². The summed E-state index contributed by atoms with van der Waals surface area (Å²) in [5.41, 5.74) is 3.88. The van der Waals surface area contributed by atoms with Crippen LogP contribution in [0.1, 0.15) is 11.3 Å². The zero-order valence-electron chi connectivity index (χ0n) is 10.1. The van der Waals surface area contributed by atoms with E-state index in [1.165, 1.54) is 17.0 Å². The number of hydrogen-bond donors (Lipinski definition) is 0. The molecule has 0 bridgehead atoms. The van der Waals surface area contributed by atoms with E-state index in [9.17, 15) is 0 Å². The van der Waals surface area contributed by atoms with E-state index in [-0.39, 0.29) is 24.0 Å². The molecular weight excluding hydrogens is 403 g/mol. The monoisotopic (exact) mass is 416 g/mol. The van der Waals surface area contributed by atoms with Gasteiger partial charge < -0.3 is 28.5 Å². The molecule has 0 amide bonds. The predicted molar refractivity (Wildman–Crippen MR) is 72.8 cm³/mol. The van der Waals surface area contributed by atoms with Crippen LogP contribution >= 0.6 is 15.9 Å². The number of fused-ring (bicyclic) bond motifs is 1. The minimum absolute atomic E-state index is 0. The third-order valence-corrected chi connectivity index (χ3v) is 3.95. The van der Waals surface area contributed by atoms with Crippen molar-refractivity contribution >= 4 is 21.6 Å². The molecule has 18 heavy (non-hydrogen) atoms. The molecular formula is C14H14BrIN2. The van der Waals surface area contributed by atoms with Crippen LogP contribution in [-0.4, -0.2) is 28.4 Å². The molecule has 0 unspecified atom stereocenters. The highest BCUT2D eigenvalue weighted by atomic mass is 127. The molecule has 2 nitrogen and oxygen atoms in total. The Hall–Kier alpha value is -0.620. The molecule has 0 N–H and O–H groups in total. The lowest BCUT2D eigenvalue weighted by Gasteiger charge is -2.17. The van der Waals surface area contributed by atoms with E-state index in [1.807, 2.05) is 0 Å². The summed E-state index contributed by atoms with van der Waals surface area (Å²) in [6.07, 6.45) is 0. The van der Waals surface area contributed by atoms with E-state index in [0.717, 1.165) is 17.7 Å². The Labute approximate surface area is 132 Å². The lowest BCUT2D eigenvalue weighted by molar-refractivity contribution is -0.500. The third kappa shape index (κ3) is 2.28. The second-order valence-corrected chi connectivity index (χ2v) is 5.14. The summed E-state index contributed by atoms with van der Waals surface area (Å²) in [6.45, 7) is 2.08. The van der Waals surface area contributed by atoms with Gasteiger partial charge in [-0.05, 0) is 40.2 Å². The molecule has 0 saturated carbocycles. The van der Waals surface area contributed by atoms with E-state index in [4.69, 9.17) is 0 Å². The van der Waals surface area contributed by atoms with Crippen LogP contribution in [0.15, 0.2) is 47.1 Å². The van der Waals surface area contributed by atoms with Gasteiger partial charge in [-0.15, -0.1) is 0 Å². The highest BCUT2D eigenvalue weighted by Crippen LogP contribution is 2.21. The number of rotatable bonds is 1. The highest BCUT2D eigenvalue weighted by molar-refractivity contribution is 9.10. The van der Waals surface area contributed by atoms with E-state index in [0.29, 0.717) is 0 Å². The summed E-state index contributed by atoms with van der Waals surface area (Å²) in [5, 5.41) is 0. The third-order valence-electron chi connectivity index (χ3n) is 3.26. The molecule has 94 valence electrons. The minimum Gasteiger partial charge on any atom is -1.00 e. The summed E-state index contributed by atoms with van der Waals surface area (Å²) >= 11 is 3.60. The molecule has 1 aromatic heterocycles. The fourth-order valence-electron chi connectivity index (χ4n) is 2.40. The standard InChI is InChI=1S/C14H14BrN2.HI/c1-16-9-10-17-12(7-8-13(17)15)14(16)11-5-3-2-4-6-11;/h2-8H,9-10H2,1H3;1H/q+1;/p-1. The van der Waals surface area contributed by atoms with Crippen molar-refractivity contribution in [3.8, 4) is 0 Å². The van der Waals surface area contributed by atoms with E-state index in [1.54, 1.807) is 0 Å². The van der Waals surface area contributed by atoms with Crippen LogP contribution in [0.2, 0.25) is 0 Å². The molecule has 4 heteroatoms. The average Bonchev–Trinajstić information content (AvgIpc) is 2.72. The summed E-state index contributed by atoms with van der Waals surface area (Å²) in [5.74, 6) is 0. The largest absolute Gasteiger partial charge is 1.00 e. The van der Waals surface area contributed by atoms with Gasteiger partial charge in [-0.25, -0.2) is 4.58 Å². The first-order chi connectivity index (χ1) is 8.27.